The normalized spacial score (nSPS) is 11.8. The highest BCUT2D eigenvalue weighted by Gasteiger charge is 2.19. The zero-order chi connectivity index (χ0) is 17.8. The van der Waals surface area contributed by atoms with Gasteiger partial charge < -0.3 is 14.6 Å². The van der Waals surface area contributed by atoms with Gasteiger partial charge in [0.2, 0.25) is 11.7 Å². The van der Waals surface area contributed by atoms with Gasteiger partial charge in [-0.05, 0) is 43.3 Å². The van der Waals surface area contributed by atoms with E-state index in [4.69, 9.17) is 20.9 Å². The molecule has 0 aliphatic rings. The van der Waals surface area contributed by atoms with E-state index in [-0.39, 0.29) is 5.91 Å². The highest BCUT2D eigenvalue weighted by Crippen LogP contribution is 2.22. The summed E-state index contributed by atoms with van der Waals surface area (Å²) in [5.74, 6) is 1.19. The molecule has 3 rings (SSSR count). The van der Waals surface area contributed by atoms with Crippen LogP contribution in [0.1, 0.15) is 29.2 Å². The number of benzene rings is 2. The first-order chi connectivity index (χ1) is 12.1. The number of carbonyl (C=O) groups excluding carboxylic acids is 1. The van der Waals surface area contributed by atoms with Crippen molar-refractivity contribution in [3.8, 4) is 17.1 Å². The van der Waals surface area contributed by atoms with E-state index in [2.05, 4.69) is 15.5 Å². The van der Waals surface area contributed by atoms with Gasteiger partial charge in [-0.3, -0.25) is 4.79 Å². The third kappa shape index (κ3) is 3.80. The van der Waals surface area contributed by atoms with Crippen molar-refractivity contribution < 1.29 is 14.1 Å². The number of ether oxygens (including phenoxy) is 1. The summed E-state index contributed by atoms with van der Waals surface area (Å²) in [4.78, 5) is 16.6. The minimum absolute atomic E-state index is 0.303. The van der Waals surface area contributed by atoms with Crippen LogP contribution in [0.5, 0.6) is 5.75 Å². The van der Waals surface area contributed by atoms with Gasteiger partial charge in [-0.25, -0.2) is 0 Å². The molecule has 1 heterocycles. The van der Waals surface area contributed by atoms with Crippen LogP contribution in [-0.2, 0) is 0 Å². The van der Waals surface area contributed by atoms with E-state index in [1.807, 2.05) is 24.3 Å². The summed E-state index contributed by atoms with van der Waals surface area (Å²) < 4.78 is 10.4. The number of hydrogen-bond donors (Lipinski definition) is 1. The van der Waals surface area contributed by atoms with Gasteiger partial charge in [-0.15, -0.1) is 0 Å². The van der Waals surface area contributed by atoms with E-state index in [1.54, 1.807) is 38.3 Å². The lowest BCUT2D eigenvalue weighted by atomic mass is 10.2. The molecule has 3 aromatic rings. The third-order valence-corrected chi connectivity index (χ3v) is 3.96. The summed E-state index contributed by atoms with van der Waals surface area (Å²) in [6.07, 6.45) is 0. The zero-order valence-electron chi connectivity index (χ0n) is 13.7. The van der Waals surface area contributed by atoms with Crippen LogP contribution >= 0.6 is 11.6 Å². The third-order valence-electron chi connectivity index (χ3n) is 3.63. The lowest BCUT2D eigenvalue weighted by Gasteiger charge is -2.10. The number of carbonyl (C=O) groups is 1. The van der Waals surface area contributed by atoms with Crippen LogP contribution in [0.25, 0.3) is 11.4 Å². The molecule has 0 bridgehead atoms. The number of nitrogens with one attached hydrogen (secondary N) is 1. The molecule has 6 nitrogen and oxygen atoms in total. The first-order valence-electron chi connectivity index (χ1n) is 7.62. The van der Waals surface area contributed by atoms with Crippen LogP contribution in [0.2, 0.25) is 5.02 Å². The molecular formula is C18H16ClN3O3. The summed E-state index contributed by atoms with van der Waals surface area (Å²) in [6, 6.07) is 13.7. The average Bonchev–Trinajstić information content (AvgIpc) is 3.12. The number of aromatic nitrogens is 2. The van der Waals surface area contributed by atoms with E-state index in [0.29, 0.717) is 22.3 Å². The SMILES string of the molecule is COc1ccc(-c2noc([C@@H](C)NC(=O)c3ccccc3Cl)n2)cc1. The molecule has 7 heteroatoms. The van der Waals surface area contributed by atoms with Crippen LogP contribution < -0.4 is 10.1 Å². The Bertz CT molecular complexity index is 877. The Morgan fingerprint density at radius 2 is 1.92 bits per heavy atom. The van der Waals surface area contributed by atoms with Crippen molar-refractivity contribution in [1.82, 2.24) is 15.5 Å². The first-order valence-corrected chi connectivity index (χ1v) is 7.99. The van der Waals surface area contributed by atoms with E-state index in [0.717, 1.165) is 11.3 Å². The largest absolute Gasteiger partial charge is 0.497 e. The second-order valence-electron chi connectivity index (χ2n) is 5.36. The smallest absolute Gasteiger partial charge is 0.253 e. The fraction of sp³-hybridized carbons (Fsp3) is 0.167. The Morgan fingerprint density at radius 3 is 2.60 bits per heavy atom. The summed E-state index contributed by atoms with van der Waals surface area (Å²) in [5, 5.41) is 7.14. The molecule has 25 heavy (non-hydrogen) atoms. The van der Waals surface area contributed by atoms with Crippen LogP contribution in [0.4, 0.5) is 0 Å². The van der Waals surface area contributed by atoms with Crippen molar-refractivity contribution in [3.05, 3.63) is 65.0 Å². The molecule has 0 radical (unpaired) electrons. The summed E-state index contributed by atoms with van der Waals surface area (Å²) in [6.45, 7) is 1.76. The molecule has 0 saturated carbocycles. The minimum atomic E-state index is -0.455. The molecular weight excluding hydrogens is 342 g/mol. The fourth-order valence-electron chi connectivity index (χ4n) is 2.25. The molecule has 128 valence electrons. The Labute approximate surface area is 149 Å². The molecule has 0 unspecified atom stereocenters. The van der Waals surface area contributed by atoms with Gasteiger partial charge in [0.15, 0.2) is 0 Å². The van der Waals surface area contributed by atoms with Gasteiger partial charge in [-0.1, -0.05) is 28.9 Å². The Hall–Kier alpha value is -2.86. The number of halogens is 1. The highest BCUT2D eigenvalue weighted by molar-refractivity contribution is 6.33. The number of methoxy groups -OCH3 is 1. The average molecular weight is 358 g/mol. The summed E-state index contributed by atoms with van der Waals surface area (Å²) >= 11 is 6.03. The maximum absolute atomic E-state index is 12.3. The second-order valence-corrected chi connectivity index (χ2v) is 5.77. The molecule has 0 aliphatic heterocycles. The van der Waals surface area contributed by atoms with Crippen LogP contribution in [0.15, 0.2) is 53.1 Å². The van der Waals surface area contributed by atoms with E-state index < -0.39 is 6.04 Å². The van der Waals surface area contributed by atoms with Crippen LogP contribution in [-0.4, -0.2) is 23.2 Å². The lowest BCUT2D eigenvalue weighted by molar-refractivity contribution is 0.0932. The molecule has 1 aromatic heterocycles. The molecule has 0 fully saturated rings. The standard InChI is InChI=1S/C18H16ClN3O3/c1-11(20-17(23)14-5-3-4-6-15(14)19)18-21-16(22-25-18)12-7-9-13(24-2)10-8-12/h3-11H,1-2H3,(H,20,23)/t11-/m1/s1. The maximum Gasteiger partial charge on any atom is 0.253 e. The molecule has 0 saturated heterocycles. The van der Waals surface area contributed by atoms with Gasteiger partial charge in [0.1, 0.15) is 11.8 Å². The number of amides is 1. The Morgan fingerprint density at radius 1 is 1.20 bits per heavy atom. The molecule has 1 amide bonds. The molecule has 0 spiro atoms. The molecule has 2 aromatic carbocycles. The van der Waals surface area contributed by atoms with Gasteiger partial charge in [-0.2, -0.15) is 4.98 Å². The quantitative estimate of drug-likeness (QED) is 0.749. The predicted molar refractivity (Wildman–Crippen MR) is 93.6 cm³/mol. The van der Waals surface area contributed by atoms with E-state index in [9.17, 15) is 4.79 Å². The summed E-state index contributed by atoms with van der Waals surface area (Å²) in [7, 11) is 1.60. The number of hydrogen-bond acceptors (Lipinski definition) is 5. The second kappa shape index (κ2) is 7.36. The van der Waals surface area contributed by atoms with Crippen molar-refractivity contribution in [2.24, 2.45) is 0 Å². The summed E-state index contributed by atoms with van der Waals surface area (Å²) in [5.41, 5.74) is 1.19. The van der Waals surface area contributed by atoms with Crippen LogP contribution in [0.3, 0.4) is 0 Å². The van der Waals surface area contributed by atoms with Gasteiger partial charge >= 0.3 is 0 Å². The number of rotatable bonds is 5. The lowest BCUT2D eigenvalue weighted by Crippen LogP contribution is -2.27. The highest BCUT2D eigenvalue weighted by atomic mass is 35.5. The predicted octanol–water partition coefficient (Wildman–Crippen LogP) is 3.89. The Kier molecular flexibility index (Phi) is 5.00. The van der Waals surface area contributed by atoms with Crippen molar-refractivity contribution >= 4 is 17.5 Å². The van der Waals surface area contributed by atoms with Crippen molar-refractivity contribution in [3.63, 3.8) is 0 Å². The minimum Gasteiger partial charge on any atom is -0.497 e. The number of nitrogens with zero attached hydrogens (tertiary/aromatic N) is 2. The monoisotopic (exact) mass is 357 g/mol. The van der Waals surface area contributed by atoms with E-state index >= 15 is 0 Å². The molecule has 1 atom stereocenters. The van der Waals surface area contributed by atoms with Gasteiger partial charge in [0.05, 0.1) is 17.7 Å². The van der Waals surface area contributed by atoms with Crippen molar-refractivity contribution in [2.45, 2.75) is 13.0 Å². The molecule has 0 aliphatic carbocycles. The Balaban J connectivity index is 1.73. The molecule has 1 N–H and O–H groups in total. The zero-order valence-corrected chi connectivity index (χ0v) is 14.4. The van der Waals surface area contributed by atoms with Crippen molar-refractivity contribution in [2.75, 3.05) is 7.11 Å². The first kappa shape index (κ1) is 17.0. The van der Waals surface area contributed by atoms with Crippen molar-refractivity contribution in [1.29, 1.82) is 0 Å². The van der Waals surface area contributed by atoms with Gasteiger partial charge in [0.25, 0.3) is 5.91 Å². The van der Waals surface area contributed by atoms with Gasteiger partial charge in [0, 0.05) is 5.56 Å². The maximum atomic E-state index is 12.3. The van der Waals surface area contributed by atoms with E-state index in [1.165, 1.54) is 0 Å². The topological polar surface area (TPSA) is 77.3 Å². The fourth-order valence-corrected chi connectivity index (χ4v) is 2.47. The van der Waals surface area contributed by atoms with Crippen LogP contribution in [0, 0.1) is 0 Å².